The smallest absolute Gasteiger partial charge is 0.0621 e. The molecule has 0 saturated carbocycles. The molecular formula is C18H29NOS. The van der Waals surface area contributed by atoms with Crippen molar-refractivity contribution in [2.75, 3.05) is 26.2 Å². The highest BCUT2D eigenvalue weighted by Gasteiger charge is 2.18. The van der Waals surface area contributed by atoms with Gasteiger partial charge in [0.15, 0.2) is 0 Å². The van der Waals surface area contributed by atoms with Crippen LogP contribution in [0.3, 0.4) is 0 Å². The van der Waals surface area contributed by atoms with Crippen LogP contribution in [0.5, 0.6) is 0 Å². The molecule has 1 heterocycles. The largest absolute Gasteiger partial charge is 0.310 e. The van der Waals surface area contributed by atoms with Crippen molar-refractivity contribution < 1.29 is 4.18 Å². The van der Waals surface area contributed by atoms with E-state index in [4.69, 9.17) is 4.18 Å². The molecule has 0 spiro atoms. The van der Waals surface area contributed by atoms with Gasteiger partial charge >= 0.3 is 0 Å². The van der Waals surface area contributed by atoms with E-state index in [-0.39, 0.29) is 0 Å². The van der Waals surface area contributed by atoms with E-state index in [9.17, 15) is 0 Å². The molecule has 0 N–H and O–H groups in total. The van der Waals surface area contributed by atoms with Gasteiger partial charge in [0, 0.05) is 16.9 Å². The Morgan fingerprint density at radius 3 is 2.57 bits per heavy atom. The van der Waals surface area contributed by atoms with Crippen molar-refractivity contribution in [1.82, 2.24) is 4.90 Å². The van der Waals surface area contributed by atoms with Crippen molar-refractivity contribution in [2.24, 2.45) is 5.92 Å². The Morgan fingerprint density at radius 2 is 1.90 bits per heavy atom. The Morgan fingerprint density at radius 1 is 1.19 bits per heavy atom. The summed E-state index contributed by atoms with van der Waals surface area (Å²) in [6.07, 6.45) is 6.57. The second-order valence-corrected chi connectivity index (χ2v) is 7.02. The monoisotopic (exact) mass is 307 g/mol. The number of aryl methyl sites for hydroxylation is 1. The van der Waals surface area contributed by atoms with Crippen molar-refractivity contribution in [3.05, 3.63) is 29.8 Å². The normalized spacial score (nSPS) is 17.2. The van der Waals surface area contributed by atoms with Gasteiger partial charge in [0.1, 0.15) is 0 Å². The zero-order valence-electron chi connectivity index (χ0n) is 13.5. The third-order valence-electron chi connectivity index (χ3n) is 4.32. The second kappa shape index (κ2) is 9.50. The molecule has 1 aliphatic rings. The quantitative estimate of drug-likeness (QED) is 0.499. The van der Waals surface area contributed by atoms with Crippen molar-refractivity contribution in [1.29, 1.82) is 0 Å². The zero-order chi connectivity index (χ0) is 14.9. The highest BCUT2D eigenvalue weighted by molar-refractivity contribution is 7.94. The minimum absolute atomic E-state index is 0.862. The summed E-state index contributed by atoms with van der Waals surface area (Å²) in [6.45, 7) is 9.13. The van der Waals surface area contributed by atoms with Gasteiger partial charge in [-0.3, -0.25) is 0 Å². The van der Waals surface area contributed by atoms with Gasteiger partial charge in [0.05, 0.1) is 6.61 Å². The summed E-state index contributed by atoms with van der Waals surface area (Å²) in [5, 5.41) is 0. The minimum atomic E-state index is 0.862. The summed E-state index contributed by atoms with van der Waals surface area (Å²) < 4.78 is 5.76. The van der Waals surface area contributed by atoms with Gasteiger partial charge < -0.3 is 9.08 Å². The number of unbranched alkanes of at least 4 members (excludes halogenated alkanes) is 1. The Kier molecular flexibility index (Phi) is 7.62. The summed E-state index contributed by atoms with van der Waals surface area (Å²) in [4.78, 5) is 3.83. The van der Waals surface area contributed by atoms with Crippen LogP contribution in [0.4, 0.5) is 0 Å². The summed E-state index contributed by atoms with van der Waals surface area (Å²) in [5.41, 5.74) is 1.30. The van der Waals surface area contributed by atoms with Gasteiger partial charge in [-0.25, -0.2) is 0 Å². The Bertz CT molecular complexity index is 385. The average molecular weight is 308 g/mol. The number of piperidine rings is 1. The Labute approximate surface area is 134 Å². The van der Waals surface area contributed by atoms with Gasteiger partial charge in [-0.15, -0.1) is 0 Å². The fraction of sp³-hybridized carbons (Fsp3) is 0.667. The number of benzene rings is 1. The maximum absolute atomic E-state index is 5.76. The number of rotatable bonds is 8. The van der Waals surface area contributed by atoms with Crippen molar-refractivity contribution >= 4 is 12.0 Å². The highest BCUT2D eigenvalue weighted by Crippen LogP contribution is 2.24. The second-order valence-electron chi connectivity index (χ2n) is 6.15. The molecule has 1 saturated heterocycles. The van der Waals surface area contributed by atoms with E-state index in [0.29, 0.717) is 0 Å². The molecular weight excluding hydrogens is 278 g/mol. The molecule has 1 aliphatic heterocycles. The third kappa shape index (κ3) is 6.41. The topological polar surface area (TPSA) is 12.5 Å². The molecule has 2 rings (SSSR count). The van der Waals surface area contributed by atoms with Gasteiger partial charge in [-0.2, -0.15) is 0 Å². The molecule has 0 aromatic heterocycles. The van der Waals surface area contributed by atoms with Crippen molar-refractivity contribution in [3.8, 4) is 0 Å². The lowest BCUT2D eigenvalue weighted by molar-refractivity contribution is 0.166. The first-order chi connectivity index (χ1) is 10.3. The fourth-order valence-corrected chi connectivity index (χ4v) is 3.36. The van der Waals surface area contributed by atoms with Gasteiger partial charge in [-0.05, 0) is 70.3 Å². The lowest BCUT2D eigenvalue weighted by Gasteiger charge is -2.31. The predicted molar refractivity (Wildman–Crippen MR) is 91.7 cm³/mol. The maximum Gasteiger partial charge on any atom is 0.0621 e. The van der Waals surface area contributed by atoms with Crippen LogP contribution < -0.4 is 0 Å². The Hall–Kier alpha value is -0.510. The van der Waals surface area contributed by atoms with E-state index >= 15 is 0 Å². The lowest BCUT2D eigenvalue weighted by atomic mass is 9.94. The van der Waals surface area contributed by atoms with Crippen LogP contribution in [0, 0.1) is 12.8 Å². The minimum Gasteiger partial charge on any atom is -0.310 e. The van der Waals surface area contributed by atoms with Crippen LogP contribution in [-0.4, -0.2) is 31.1 Å². The Balaban J connectivity index is 1.54. The summed E-state index contributed by atoms with van der Waals surface area (Å²) in [6, 6.07) is 8.54. The first-order valence-corrected chi connectivity index (χ1v) is 9.10. The first kappa shape index (κ1) is 16.9. The molecule has 118 valence electrons. The molecule has 0 bridgehead atoms. The third-order valence-corrected chi connectivity index (χ3v) is 5.07. The number of nitrogens with zero attached hydrogens (tertiary/aromatic N) is 1. The van der Waals surface area contributed by atoms with E-state index < -0.39 is 0 Å². The van der Waals surface area contributed by atoms with E-state index in [1.54, 1.807) is 0 Å². The van der Waals surface area contributed by atoms with Gasteiger partial charge in [0.2, 0.25) is 0 Å². The average Bonchev–Trinajstić information content (AvgIpc) is 2.52. The fourth-order valence-electron chi connectivity index (χ4n) is 2.80. The number of likely N-dealkylation sites (tertiary alicyclic amines) is 1. The van der Waals surface area contributed by atoms with E-state index in [1.165, 1.54) is 74.2 Å². The van der Waals surface area contributed by atoms with Crippen LogP contribution in [0.25, 0.3) is 0 Å². The first-order valence-electron chi connectivity index (χ1n) is 8.36. The lowest BCUT2D eigenvalue weighted by Crippen LogP contribution is -2.34. The van der Waals surface area contributed by atoms with Crippen LogP contribution in [0.1, 0.15) is 44.6 Å². The molecule has 3 heteroatoms. The maximum atomic E-state index is 5.76. The molecule has 0 amide bonds. The molecule has 0 unspecified atom stereocenters. The molecule has 2 nitrogen and oxygen atoms in total. The molecule has 0 atom stereocenters. The van der Waals surface area contributed by atoms with Gasteiger partial charge in [-0.1, -0.05) is 31.0 Å². The SMILES string of the molecule is CCCCN1CCC(CCOSc2ccc(C)cc2)CC1. The summed E-state index contributed by atoms with van der Waals surface area (Å²) in [7, 11) is 0. The standard InChI is InChI=1S/C18H29NOS/c1-3-4-12-19-13-9-17(10-14-19)11-15-20-21-18-7-5-16(2)6-8-18/h5-8,17H,3-4,9-15H2,1-2H3. The van der Waals surface area contributed by atoms with Crippen molar-refractivity contribution in [3.63, 3.8) is 0 Å². The summed E-state index contributed by atoms with van der Waals surface area (Å²) in [5.74, 6) is 0.862. The molecule has 1 aromatic carbocycles. The molecule has 1 aromatic rings. The van der Waals surface area contributed by atoms with E-state index in [1.807, 2.05) is 0 Å². The highest BCUT2D eigenvalue weighted by atomic mass is 32.2. The molecule has 21 heavy (non-hydrogen) atoms. The number of hydrogen-bond donors (Lipinski definition) is 0. The van der Waals surface area contributed by atoms with E-state index in [2.05, 4.69) is 43.0 Å². The molecule has 1 fully saturated rings. The van der Waals surface area contributed by atoms with Crippen LogP contribution >= 0.6 is 12.0 Å². The zero-order valence-corrected chi connectivity index (χ0v) is 14.3. The van der Waals surface area contributed by atoms with Gasteiger partial charge in [0.25, 0.3) is 0 Å². The predicted octanol–water partition coefficient (Wildman–Crippen LogP) is 4.92. The van der Waals surface area contributed by atoms with Crippen LogP contribution in [0.2, 0.25) is 0 Å². The number of hydrogen-bond acceptors (Lipinski definition) is 3. The summed E-state index contributed by atoms with van der Waals surface area (Å²) >= 11 is 1.52. The molecule has 0 aliphatic carbocycles. The molecule has 0 radical (unpaired) electrons. The van der Waals surface area contributed by atoms with Crippen LogP contribution in [-0.2, 0) is 4.18 Å². The van der Waals surface area contributed by atoms with E-state index in [0.717, 1.165) is 12.5 Å². The van der Waals surface area contributed by atoms with Crippen LogP contribution in [0.15, 0.2) is 29.2 Å². The van der Waals surface area contributed by atoms with Crippen molar-refractivity contribution in [2.45, 2.75) is 50.8 Å².